The van der Waals surface area contributed by atoms with E-state index in [1.807, 2.05) is 4.90 Å². The number of likely N-dealkylation sites (tertiary alicyclic amines) is 1. The highest BCUT2D eigenvalue weighted by Gasteiger charge is 2.31. The van der Waals surface area contributed by atoms with Crippen LogP contribution in [-0.2, 0) is 0 Å². The Kier molecular flexibility index (Phi) is 4.19. The third-order valence-electron chi connectivity index (χ3n) is 3.55. The quantitative estimate of drug-likeness (QED) is 0.833. The van der Waals surface area contributed by atoms with Gasteiger partial charge in [0, 0.05) is 19.1 Å². The molecule has 1 aliphatic rings. The molecular formula is C13H18ClN3O. The minimum Gasteiger partial charge on any atom is -0.333 e. The summed E-state index contributed by atoms with van der Waals surface area (Å²) in [6.07, 6.45) is 2.14. The minimum atomic E-state index is -0.0699. The van der Waals surface area contributed by atoms with Crippen LogP contribution in [0.2, 0.25) is 5.15 Å². The molecule has 1 aromatic heterocycles. The monoisotopic (exact) mass is 267 g/mol. The number of piperidine rings is 1. The van der Waals surface area contributed by atoms with E-state index in [4.69, 9.17) is 17.3 Å². The molecule has 2 atom stereocenters. The van der Waals surface area contributed by atoms with E-state index in [1.54, 1.807) is 18.2 Å². The Labute approximate surface area is 112 Å². The van der Waals surface area contributed by atoms with Gasteiger partial charge in [-0.3, -0.25) is 4.79 Å². The molecule has 4 nitrogen and oxygen atoms in total. The lowest BCUT2D eigenvalue weighted by atomic mass is 9.90. The number of pyridine rings is 1. The number of carbonyl (C=O) groups excluding carboxylic acids is 1. The van der Waals surface area contributed by atoms with Gasteiger partial charge in [0.25, 0.3) is 5.91 Å². The fraction of sp³-hybridized carbons (Fsp3) is 0.538. The topological polar surface area (TPSA) is 59.2 Å². The van der Waals surface area contributed by atoms with Gasteiger partial charge in [-0.25, -0.2) is 4.98 Å². The van der Waals surface area contributed by atoms with Gasteiger partial charge in [0.1, 0.15) is 10.8 Å². The Morgan fingerprint density at radius 3 is 3.06 bits per heavy atom. The lowest BCUT2D eigenvalue weighted by Crippen LogP contribution is -2.51. The number of halogens is 1. The summed E-state index contributed by atoms with van der Waals surface area (Å²) < 4.78 is 0. The van der Waals surface area contributed by atoms with Gasteiger partial charge in [-0.2, -0.15) is 0 Å². The Morgan fingerprint density at radius 2 is 2.39 bits per heavy atom. The number of nitrogens with two attached hydrogens (primary N) is 1. The predicted molar refractivity (Wildman–Crippen MR) is 71.5 cm³/mol. The van der Waals surface area contributed by atoms with Crippen molar-refractivity contribution in [1.29, 1.82) is 0 Å². The van der Waals surface area contributed by atoms with Crippen LogP contribution < -0.4 is 5.73 Å². The first-order valence-electron chi connectivity index (χ1n) is 6.27. The summed E-state index contributed by atoms with van der Waals surface area (Å²) in [5.41, 5.74) is 6.19. The third-order valence-corrected chi connectivity index (χ3v) is 3.76. The van der Waals surface area contributed by atoms with E-state index in [1.165, 1.54) is 0 Å². The van der Waals surface area contributed by atoms with Gasteiger partial charge >= 0.3 is 0 Å². The van der Waals surface area contributed by atoms with E-state index in [-0.39, 0.29) is 11.9 Å². The molecule has 1 amide bonds. The van der Waals surface area contributed by atoms with E-state index in [9.17, 15) is 4.79 Å². The molecular weight excluding hydrogens is 250 g/mol. The summed E-state index contributed by atoms with van der Waals surface area (Å²) >= 11 is 5.82. The van der Waals surface area contributed by atoms with Gasteiger partial charge in [0.2, 0.25) is 0 Å². The van der Waals surface area contributed by atoms with Crippen LogP contribution in [0.4, 0.5) is 0 Å². The third kappa shape index (κ3) is 2.65. The van der Waals surface area contributed by atoms with Crippen molar-refractivity contribution >= 4 is 17.5 Å². The van der Waals surface area contributed by atoms with Crippen LogP contribution in [0.3, 0.4) is 0 Å². The molecule has 0 spiro atoms. The fourth-order valence-corrected chi connectivity index (χ4v) is 2.70. The zero-order chi connectivity index (χ0) is 13.1. The van der Waals surface area contributed by atoms with Crippen LogP contribution in [-0.4, -0.2) is 34.9 Å². The number of aromatic nitrogens is 1. The standard InChI is InChI=1S/C13H18ClN3O/c1-9-4-3-7-17(11(9)8-15)13(18)10-5-2-6-12(14)16-10/h2,5-6,9,11H,3-4,7-8,15H2,1H3/t9-,11-/m0/s1. The number of nitrogens with zero attached hydrogens (tertiary/aromatic N) is 2. The van der Waals surface area contributed by atoms with Crippen molar-refractivity contribution in [3.8, 4) is 0 Å². The van der Waals surface area contributed by atoms with Crippen LogP contribution in [0.15, 0.2) is 18.2 Å². The highest BCUT2D eigenvalue weighted by Crippen LogP contribution is 2.24. The van der Waals surface area contributed by atoms with Crippen molar-refractivity contribution in [2.45, 2.75) is 25.8 Å². The van der Waals surface area contributed by atoms with Gasteiger partial charge in [-0.15, -0.1) is 0 Å². The van der Waals surface area contributed by atoms with E-state index in [0.717, 1.165) is 19.4 Å². The number of amides is 1. The van der Waals surface area contributed by atoms with Crippen LogP contribution in [0.1, 0.15) is 30.3 Å². The van der Waals surface area contributed by atoms with Crippen LogP contribution in [0.25, 0.3) is 0 Å². The van der Waals surface area contributed by atoms with Gasteiger partial charge in [-0.1, -0.05) is 24.6 Å². The molecule has 1 saturated heterocycles. The number of carbonyl (C=O) groups is 1. The molecule has 18 heavy (non-hydrogen) atoms. The molecule has 0 aliphatic carbocycles. The second-order valence-corrected chi connectivity index (χ2v) is 5.15. The molecule has 2 rings (SSSR count). The molecule has 0 aromatic carbocycles. The average molecular weight is 268 g/mol. The second-order valence-electron chi connectivity index (χ2n) is 4.77. The fourth-order valence-electron chi connectivity index (χ4n) is 2.54. The van der Waals surface area contributed by atoms with Crippen molar-refractivity contribution in [3.63, 3.8) is 0 Å². The van der Waals surface area contributed by atoms with Crippen molar-refractivity contribution in [2.75, 3.05) is 13.1 Å². The first-order valence-corrected chi connectivity index (χ1v) is 6.65. The van der Waals surface area contributed by atoms with Crippen molar-refractivity contribution in [1.82, 2.24) is 9.88 Å². The summed E-state index contributed by atoms with van der Waals surface area (Å²) in [7, 11) is 0. The van der Waals surface area contributed by atoms with Crippen molar-refractivity contribution in [3.05, 3.63) is 29.0 Å². The van der Waals surface area contributed by atoms with E-state index < -0.39 is 0 Å². The number of rotatable bonds is 2. The Hall–Kier alpha value is -1.13. The molecule has 0 saturated carbocycles. The number of hydrogen-bond donors (Lipinski definition) is 1. The van der Waals surface area contributed by atoms with Crippen LogP contribution in [0, 0.1) is 5.92 Å². The van der Waals surface area contributed by atoms with Gasteiger partial charge in [0.05, 0.1) is 0 Å². The van der Waals surface area contributed by atoms with E-state index in [0.29, 0.717) is 23.3 Å². The molecule has 1 aliphatic heterocycles. The molecule has 1 aromatic rings. The van der Waals surface area contributed by atoms with Crippen LogP contribution in [0.5, 0.6) is 0 Å². The first-order chi connectivity index (χ1) is 8.63. The summed E-state index contributed by atoms with van der Waals surface area (Å²) in [5, 5.41) is 0.343. The molecule has 0 bridgehead atoms. The molecule has 0 radical (unpaired) electrons. The zero-order valence-corrected chi connectivity index (χ0v) is 11.2. The Balaban J connectivity index is 2.21. The maximum atomic E-state index is 12.4. The molecule has 1 fully saturated rings. The lowest BCUT2D eigenvalue weighted by Gasteiger charge is -2.39. The smallest absolute Gasteiger partial charge is 0.272 e. The predicted octanol–water partition coefficient (Wildman–Crippen LogP) is 1.93. The SMILES string of the molecule is C[C@H]1CCCN(C(=O)c2cccc(Cl)n2)[C@H]1CN. The second kappa shape index (κ2) is 5.67. The summed E-state index contributed by atoms with van der Waals surface area (Å²) in [6, 6.07) is 5.21. The first kappa shape index (κ1) is 13.3. The zero-order valence-electron chi connectivity index (χ0n) is 10.5. The van der Waals surface area contributed by atoms with E-state index in [2.05, 4.69) is 11.9 Å². The highest BCUT2D eigenvalue weighted by molar-refractivity contribution is 6.29. The highest BCUT2D eigenvalue weighted by atomic mass is 35.5. The van der Waals surface area contributed by atoms with Crippen molar-refractivity contribution in [2.24, 2.45) is 11.7 Å². The van der Waals surface area contributed by atoms with Crippen molar-refractivity contribution < 1.29 is 4.79 Å². The Bertz CT molecular complexity index is 438. The molecule has 0 unspecified atom stereocenters. The van der Waals surface area contributed by atoms with Gasteiger partial charge in [-0.05, 0) is 30.9 Å². The van der Waals surface area contributed by atoms with E-state index >= 15 is 0 Å². The molecule has 2 N–H and O–H groups in total. The largest absolute Gasteiger partial charge is 0.333 e. The maximum absolute atomic E-state index is 12.4. The lowest BCUT2D eigenvalue weighted by molar-refractivity contribution is 0.0526. The van der Waals surface area contributed by atoms with Gasteiger partial charge in [0.15, 0.2) is 0 Å². The number of hydrogen-bond acceptors (Lipinski definition) is 3. The molecule has 2 heterocycles. The maximum Gasteiger partial charge on any atom is 0.272 e. The molecule has 98 valence electrons. The van der Waals surface area contributed by atoms with Gasteiger partial charge < -0.3 is 10.6 Å². The summed E-state index contributed by atoms with van der Waals surface area (Å²) in [6.45, 7) is 3.38. The Morgan fingerprint density at radius 1 is 1.61 bits per heavy atom. The summed E-state index contributed by atoms with van der Waals surface area (Å²) in [4.78, 5) is 18.3. The normalized spacial score (nSPS) is 24.1. The average Bonchev–Trinajstić information content (AvgIpc) is 2.37. The minimum absolute atomic E-state index is 0.0699. The summed E-state index contributed by atoms with van der Waals surface area (Å²) in [5.74, 6) is 0.367. The van der Waals surface area contributed by atoms with Crippen LogP contribution >= 0.6 is 11.6 Å². The molecule has 5 heteroatoms.